The molecule has 9 heteroatoms. The van der Waals surface area contributed by atoms with Crippen LogP contribution in [0.3, 0.4) is 0 Å². The molecule has 2 rings (SSSR count). The van der Waals surface area contributed by atoms with E-state index in [1.807, 2.05) is 0 Å². The number of nitrogens with one attached hydrogen (secondary N) is 2. The molecule has 0 amide bonds. The average molecular weight is 444 g/mol. The molecular formula is C14H8BrCl2F3N2S. The van der Waals surface area contributed by atoms with Crippen molar-refractivity contribution in [3.63, 3.8) is 0 Å². The first-order valence-corrected chi connectivity index (χ1v) is 8.02. The number of rotatable bonds is 2. The summed E-state index contributed by atoms with van der Waals surface area (Å²) in [7, 11) is 0. The highest BCUT2D eigenvalue weighted by Gasteiger charge is 2.31. The van der Waals surface area contributed by atoms with E-state index in [9.17, 15) is 13.2 Å². The summed E-state index contributed by atoms with van der Waals surface area (Å²) in [6.45, 7) is 0. The first kappa shape index (κ1) is 18.3. The Kier molecular flexibility index (Phi) is 5.78. The lowest BCUT2D eigenvalue weighted by Crippen LogP contribution is -2.20. The minimum Gasteiger partial charge on any atom is -0.331 e. The first-order chi connectivity index (χ1) is 10.7. The molecule has 0 atom stereocenters. The van der Waals surface area contributed by atoms with Crippen LogP contribution < -0.4 is 10.6 Å². The Morgan fingerprint density at radius 3 is 2.22 bits per heavy atom. The highest BCUT2D eigenvalue weighted by molar-refractivity contribution is 9.10. The quantitative estimate of drug-likeness (QED) is 0.512. The zero-order valence-corrected chi connectivity index (χ0v) is 15.1. The Labute approximate surface area is 154 Å². The second kappa shape index (κ2) is 7.25. The predicted molar refractivity (Wildman–Crippen MR) is 95.4 cm³/mol. The van der Waals surface area contributed by atoms with Gasteiger partial charge >= 0.3 is 6.18 Å². The lowest BCUT2D eigenvalue weighted by molar-refractivity contribution is -0.137. The van der Waals surface area contributed by atoms with Gasteiger partial charge in [-0.3, -0.25) is 0 Å². The summed E-state index contributed by atoms with van der Waals surface area (Å²) in [4.78, 5) is 0. The van der Waals surface area contributed by atoms with Gasteiger partial charge in [-0.05, 0) is 48.6 Å². The third-order valence-electron chi connectivity index (χ3n) is 2.72. The second-order valence-electron chi connectivity index (χ2n) is 4.40. The monoisotopic (exact) mass is 442 g/mol. The number of thiocarbonyl (C=S) groups is 1. The topological polar surface area (TPSA) is 24.1 Å². The molecule has 0 aliphatic carbocycles. The largest absolute Gasteiger partial charge is 0.416 e. The van der Waals surface area contributed by atoms with Gasteiger partial charge in [0.1, 0.15) is 0 Å². The molecule has 0 unspecified atom stereocenters. The van der Waals surface area contributed by atoms with Crippen LogP contribution in [0.5, 0.6) is 0 Å². The Hall–Kier alpha value is -1.02. The van der Waals surface area contributed by atoms with Gasteiger partial charge in [0, 0.05) is 4.47 Å². The van der Waals surface area contributed by atoms with Crippen LogP contribution in [0.2, 0.25) is 10.0 Å². The van der Waals surface area contributed by atoms with E-state index in [2.05, 4.69) is 26.6 Å². The number of hydrogen-bond donors (Lipinski definition) is 2. The number of alkyl halides is 3. The van der Waals surface area contributed by atoms with Crippen molar-refractivity contribution in [2.24, 2.45) is 0 Å². The van der Waals surface area contributed by atoms with Crippen LogP contribution in [0.25, 0.3) is 0 Å². The Bertz CT molecular complexity index is 753. The minimum atomic E-state index is -4.47. The molecule has 2 aromatic rings. The van der Waals surface area contributed by atoms with E-state index in [-0.39, 0.29) is 15.8 Å². The fraction of sp³-hybridized carbons (Fsp3) is 0.0714. The zero-order chi connectivity index (χ0) is 17.2. The van der Waals surface area contributed by atoms with Crippen molar-refractivity contribution in [2.75, 3.05) is 10.6 Å². The molecule has 2 N–H and O–H groups in total. The van der Waals surface area contributed by atoms with E-state index in [0.717, 1.165) is 22.7 Å². The van der Waals surface area contributed by atoms with Gasteiger partial charge in [0.25, 0.3) is 0 Å². The normalized spacial score (nSPS) is 11.2. The SMILES string of the molecule is FC(F)(F)c1ccc(Cl)c(NC(=S)Nc2ccc(Br)cc2Cl)c1. The standard InChI is InChI=1S/C14H8BrCl2F3N2S/c15-8-2-4-11(10(17)6-8)21-13(23)22-12-5-7(14(18,19)20)1-3-9(12)16/h1-6H,(H2,21,22,23). The van der Waals surface area contributed by atoms with Crippen LogP contribution in [-0.2, 0) is 6.18 Å². The molecule has 0 saturated heterocycles. The molecule has 23 heavy (non-hydrogen) atoms. The number of anilines is 2. The van der Waals surface area contributed by atoms with E-state index in [0.29, 0.717) is 10.7 Å². The number of benzene rings is 2. The molecular weight excluding hydrogens is 436 g/mol. The van der Waals surface area contributed by atoms with Crippen LogP contribution in [0, 0.1) is 0 Å². The van der Waals surface area contributed by atoms with Crippen LogP contribution in [0.4, 0.5) is 24.5 Å². The fourth-order valence-electron chi connectivity index (χ4n) is 1.66. The van der Waals surface area contributed by atoms with Gasteiger partial charge < -0.3 is 10.6 Å². The van der Waals surface area contributed by atoms with Crippen molar-refractivity contribution in [3.05, 3.63) is 56.5 Å². The molecule has 0 aliphatic heterocycles. The van der Waals surface area contributed by atoms with Crippen LogP contribution in [0.15, 0.2) is 40.9 Å². The molecule has 122 valence electrons. The fourth-order valence-corrected chi connectivity index (χ4v) is 2.77. The lowest BCUT2D eigenvalue weighted by Gasteiger charge is -2.15. The van der Waals surface area contributed by atoms with Gasteiger partial charge in [-0.25, -0.2) is 0 Å². The predicted octanol–water partition coefficient (Wildman–Crippen LogP) is 6.58. The Balaban J connectivity index is 2.17. The molecule has 2 aromatic carbocycles. The third-order valence-corrected chi connectivity index (χ3v) is 4.06. The van der Waals surface area contributed by atoms with Gasteiger partial charge in [0.2, 0.25) is 0 Å². The molecule has 0 spiro atoms. The molecule has 0 fully saturated rings. The molecule has 0 heterocycles. The Morgan fingerprint density at radius 1 is 0.957 bits per heavy atom. The van der Waals surface area contributed by atoms with Crippen LogP contribution >= 0.6 is 51.3 Å². The van der Waals surface area contributed by atoms with E-state index in [4.69, 9.17) is 35.4 Å². The van der Waals surface area contributed by atoms with Gasteiger partial charge in [-0.1, -0.05) is 39.1 Å². The maximum absolute atomic E-state index is 12.7. The molecule has 0 bridgehead atoms. The smallest absolute Gasteiger partial charge is 0.331 e. The van der Waals surface area contributed by atoms with Crippen molar-refractivity contribution in [1.29, 1.82) is 0 Å². The summed E-state index contributed by atoms with van der Waals surface area (Å²) in [5.41, 5.74) is -0.267. The van der Waals surface area contributed by atoms with Gasteiger partial charge in [0.15, 0.2) is 5.11 Å². The zero-order valence-electron chi connectivity index (χ0n) is 11.1. The van der Waals surface area contributed by atoms with Gasteiger partial charge in [-0.15, -0.1) is 0 Å². The van der Waals surface area contributed by atoms with E-state index in [1.165, 1.54) is 0 Å². The van der Waals surface area contributed by atoms with E-state index >= 15 is 0 Å². The van der Waals surface area contributed by atoms with Crippen molar-refractivity contribution in [3.8, 4) is 0 Å². The molecule has 0 saturated carbocycles. The summed E-state index contributed by atoms with van der Waals surface area (Å²) < 4.78 is 39.0. The second-order valence-corrected chi connectivity index (χ2v) is 6.53. The highest BCUT2D eigenvalue weighted by atomic mass is 79.9. The Morgan fingerprint density at radius 2 is 1.61 bits per heavy atom. The van der Waals surface area contributed by atoms with Gasteiger partial charge in [0.05, 0.1) is 27.0 Å². The summed E-state index contributed by atoms with van der Waals surface area (Å²) in [6, 6.07) is 8.02. The van der Waals surface area contributed by atoms with Crippen molar-refractivity contribution < 1.29 is 13.2 Å². The maximum Gasteiger partial charge on any atom is 0.416 e. The van der Waals surface area contributed by atoms with Crippen LogP contribution in [0.1, 0.15) is 5.56 Å². The number of halogens is 6. The van der Waals surface area contributed by atoms with Crippen molar-refractivity contribution >= 4 is 67.8 Å². The summed E-state index contributed by atoms with van der Waals surface area (Å²) in [5.74, 6) is 0. The molecule has 0 radical (unpaired) electrons. The lowest BCUT2D eigenvalue weighted by atomic mass is 10.2. The molecule has 0 aromatic heterocycles. The van der Waals surface area contributed by atoms with Crippen LogP contribution in [-0.4, -0.2) is 5.11 Å². The van der Waals surface area contributed by atoms with Crippen molar-refractivity contribution in [2.45, 2.75) is 6.18 Å². The number of hydrogen-bond acceptors (Lipinski definition) is 1. The third kappa shape index (κ3) is 4.97. The highest BCUT2D eigenvalue weighted by Crippen LogP contribution is 2.34. The van der Waals surface area contributed by atoms with Gasteiger partial charge in [-0.2, -0.15) is 13.2 Å². The summed E-state index contributed by atoms with van der Waals surface area (Å²) in [5, 5.41) is 6.01. The molecule has 0 aliphatic rings. The van der Waals surface area contributed by atoms with Crippen molar-refractivity contribution in [1.82, 2.24) is 0 Å². The average Bonchev–Trinajstić information content (AvgIpc) is 2.43. The van der Waals surface area contributed by atoms with E-state index < -0.39 is 11.7 Å². The summed E-state index contributed by atoms with van der Waals surface area (Å²) >= 11 is 20.3. The molecule has 2 nitrogen and oxygen atoms in total. The first-order valence-electron chi connectivity index (χ1n) is 6.06. The minimum absolute atomic E-state index is 0.0484. The maximum atomic E-state index is 12.7. The summed E-state index contributed by atoms with van der Waals surface area (Å²) in [6.07, 6.45) is -4.47. The van der Waals surface area contributed by atoms with E-state index in [1.54, 1.807) is 18.2 Å².